The predicted molar refractivity (Wildman–Crippen MR) is 213 cm³/mol. The number of aryl methyl sites for hydroxylation is 1. The van der Waals surface area contributed by atoms with Gasteiger partial charge in [-0.2, -0.15) is 37.0 Å². The zero-order chi connectivity index (χ0) is 33.7. The third-order valence-corrected chi connectivity index (χ3v) is 10.6. The molecule has 0 radical (unpaired) electrons. The quantitative estimate of drug-likeness (QED) is 0.240. The molecule has 0 spiro atoms. The molecule has 3 saturated heterocycles. The zero-order valence-electron chi connectivity index (χ0n) is 29.9. The number of fused-ring (bicyclic) bond motifs is 2. The van der Waals surface area contributed by atoms with Crippen molar-refractivity contribution in [2.75, 3.05) is 95.6 Å². The minimum Gasteiger partial charge on any atom is -0.462 e. The topological polar surface area (TPSA) is 81.9 Å². The molecule has 5 heterocycles. The Labute approximate surface area is 316 Å². The van der Waals surface area contributed by atoms with E-state index in [2.05, 4.69) is 74.8 Å². The normalized spacial score (nSPS) is 21.2. The predicted octanol–water partition coefficient (Wildman–Crippen LogP) is 4.02. The number of carbonyl (C=O) groups excluding carboxylic acids is 1. The number of morpholine rings is 1. The first-order valence-electron chi connectivity index (χ1n) is 17.8. The van der Waals surface area contributed by atoms with Crippen LogP contribution < -0.4 is 14.5 Å². The Hall–Kier alpha value is -3.54. The Morgan fingerprint density at radius 1 is 1.02 bits per heavy atom. The van der Waals surface area contributed by atoms with Crippen LogP contribution in [-0.2, 0) is 22.5 Å². The van der Waals surface area contributed by atoms with E-state index >= 15 is 0 Å². The number of likely N-dealkylation sites (N-methyl/N-ethyl adjacent to an activating group) is 1. The second-order valence-corrected chi connectivity index (χ2v) is 13.8. The second-order valence-electron chi connectivity index (χ2n) is 13.8. The molecule has 2 aromatic carbocycles. The molecule has 1 aromatic heterocycles. The summed E-state index contributed by atoms with van der Waals surface area (Å²) in [7, 11) is 2.15. The lowest BCUT2D eigenvalue weighted by molar-refractivity contribution is -0.128. The van der Waals surface area contributed by atoms with Crippen LogP contribution in [0.3, 0.4) is 0 Å². The number of likely N-dealkylation sites (tertiary alicyclic amines) is 1. The second kappa shape index (κ2) is 17.8. The van der Waals surface area contributed by atoms with E-state index in [4.69, 9.17) is 26.0 Å². The number of hydrogen-bond donors (Lipinski definition) is 0. The molecule has 0 bridgehead atoms. The van der Waals surface area contributed by atoms with Crippen LogP contribution in [-0.4, -0.2) is 128 Å². The molecule has 3 aromatic rings. The fourth-order valence-corrected chi connectivity index (χ4v) is 7.83. The lowest BCUT2D eigenvalue weighted by Crippen LogP contribution is -2.56. The van der Waals surface area contributed by atoms with Crippen molar-refractivity contribution in [3.8, 4) is 6.01 Å². The zero-order valence-corrected chi connectivity index (χ0v) is 31.9. The summed E-state index contributed by atoms with van der Waals surface area (Å²) in [5.74, 6) is 0.857. The Morgan fingerprint density at radius 2 is 1.82 bits per heavy atom. The van der Waals surface area contributed by atoms with Crippen molar-refractivity contribution in [3.63, 3.8) is 0 Å². The van der Waals surface area contributed by atoms with Gasteiger partial charge in [0.2, 0.25) is 12.5 Å². The van der Waals surface area contributed by atoms with E-state index < -0.39 is 0 Å². The van der Waals surface area contributed by atoms with Crippen molar-refractivity contribution in [1.29, 1.82) is 0 Å². The molecule has 3 fully saturated rings. The van der Waals surface area contributed by atoms with E-state index in [1.807, 2.05) is 11.0 Å². The highest BCUT2D eigenvalue weighted by atomic mass is 32.1. The number of rotatable bonds is 9. The number of aromatic nitrogens is 2. The molecule has 51 heavy (non-hydrogen) atoms. The Morgan fingerprint density at radius 3 is 2.59 bits per heavy atom. The van der Waals surface area contributed by atoms with Gasteiger partial charge in [-0.3, -0.25) is 9.69 Å². The first-order valence-corrected chi connectivity index (χ1v) is 17.8. The van der Waals surface area contributed by atoms with E-state index in [-0.39, 0.29) is 45.5 Å². The highest BCUT2D eigenvalue weighted by molar-refractivity contribution is 7.59. The highest BCUT2D eigenvalue weighted by Crippen LogP contribution is 2.36. The third kappa shape index (κ3) is 8.75. The summed E-state index contributed by atoms with van der Waals surface area (Å²) >= 11 is 0. The fourth-order valence-electron chi connectivity index (χ4n) is 7.83. The monoisotopic (exact) mass is 732 g/mol. The number of anilines is 2. The highest BCUT2D eigenvalue weighted by Gasteiger charge is 2.35. The number of amides is 1. The van der Waals surface area contributed by atoms with Crippen LogP contribution in [0.4, 0.5) is 11.5 Å². The Bertz CT molecular complexity index is 1720. The van der Waals surface area contributed by atoms with Gasteiger partial charge in [0.15, 0.2) is 0 Å². The number of piperazine rings is 1. The van der Waals surface area contributed by atoms with E-state index in [1.165, 1.54) is 28.4 Å². The summed E-state index contributed by atoms with van der Waals surface area (Å²) in [6, 6.07) is 13.6. The van der Waals surface area contributed by atoms with Gasteiger partial charge in [0, 0.05) is 74.6 Å². The van der Waals surface area contributed by atoms with Gasteiger partial charge in [0.05, 0.1) is 25.5 Å². The Kier molecular flexibility index (Phi) is 13.5. The molecule has 4 aliphatic heterocycles. The van der Waals surface area contributed by atoms with Gasteiger partial charge in [-0.1, -0.05) is 36.4 Å². The SMILES string of the molecule is S.S.[C-]#[N+]C[C@H]1CN(c2nc(OC[C@@H]3CCCN3C)nc3c2CCN(c2cccc4cccc(C)c24)C3)CCN1C(=O)/C=C/CN1CCOCC1. The van der Waals surface area contributed by atoms with E-state index in [0.717, 1.165) is 75.9 Å². The summed E-state index contributed by atoms with van der Waals surface area (Å²) in [6.07, 6.45) is 6.72. The molecule has 4 aliphatic rings. The van der Waals surface area contributed by atoms with Gasteiger partial charge in [-0.25, -0.2) is 6.57 Å². The summed E-state index contributed by atoms with van der Waals surface area (Å²) in [5, 5.41) is 2.52. The van der Waals surface area contributed by atoms with Crippen molar-refractivity contribution >= 4 is 55.2 Å². The molecule has 0 unspecified atom stereocenters. The molecule has 0 saturated carbocycles. The molecular weight excluding hydrogens is 681 g/mol. The minimum absolute atomic E-state index is 0. The van der Waals surface area contributed by atoms with E-state index in [1.54, 1.807) is 6.08 Å². The maximum Gasteiger partial charge on any atom is 0.318 e. The average Bonchev–Trinajstić information content (AvgIpc) is 3.54. The van der Waals surface area contributed by atoms with Crippen molar-refractivity contribution in [2.45, 2.75) is 44.8 Å². The lowest BCUT2D eigenvalue weighted by Gasteiger charge is -2.41. The number of ether oxygens (including phenoxy) is 2. The molecule has 2 atom stereocenters. The first-order chi connectivity index (χ1) is 24.0. The van der Waals surface area contributed by atoms with Crippen LogP contribution >= 0.6 is 27.0 Å². The molecule has 11 nitrogen and oxygen atoms in total. The maximum absolute atomic E-state index is 13.4. The number of hydrogen-bond acceptors (Lipinski definition) is 9. The van der Waals surface area contributed by atoms with Crippen LogP contribution in [0.25, 0.3) is 15.6 Å². The van der Waals surface area contributed by atoms with Gasteiger partial charge in [0.25, 0.3) is 0 Å². The van der Waals surface area contributed by atoms with E-state index in [9.17, 15) is 4.79 Å². The molecule has 7 rings (SSSR count). The number of carbonyl (C=O) groups is 1. The van der Waals surface area contributed by atoms with Crippen molar-refractivity contribution in [2.24, 2.45) is 0 Å². The minimum atomic E-state index is -0.229. The molecule has 274 valence electrons. The Balaban J connectivity index is 0.00000252. The molecule has 13 heteroatoms. The number of benzene rings is 2. The summed E-state index contributed by atoms with van der Waals surface area (Å²) in [4.78, 5) is 38.5. The summed E-state index contributed by atoms with van der Waals surface area (Å²) in [5.41, 5.74) is 4.62. The average molecular weight is 733 g/mol. The van der Waals surface area contributed by atoms with Crippen LogP contribution in [0.2, 0.25) is 0 Å². The molecule has 1 amide bonds. The standard InChI is InChI=1S/C38H48N8O3.2H2S/c1-28-8-4-9-29-10-5-12-34(36(28)29)44-17-14-32-33(26-44)40-38(49-27-30-11-6-15-42(30)3)41-37(32)45-18-19-46(31(25-45)24-39-2)35(47)13-7-16-43-20-22-48-23-21-43;;/h4-5,7-10,12-13,30-31H,6,11,14-27H2,1,3H3;2*1H2/b13-7+;;/t30-,31-;;/m0../s1. The van der Waals surface area contributed by atoms with Crippen LogP contribution in [0, 0.1) is 13.5 Å². The van der Waals surface area contributed by atoms with Crippen molar-refractivity contribution in [1.82, 2.24) is 24.7 Å². The molecule has 0 N–H and O–H groups in total. The summed E-state index contributed by atoms with van der Waals surface area (Å²) in [6.45, 7) is 18.9. The van der Waals surface area contributed by atoms with Gasteiger partial charge in [-0.15, -0.1) is 0 Å². The fraction of sp³-hybridized carbons (Fsp3) is 0.526. The smallest absolute Gasteiger partial charge is 0.318 e. The first kappa shape index (κ1) is 38.7. The van der Waals surface area contributed by atoms with Crippen LogP contribution in [0.1, 0.15) is 29.7 Å². The maximum atomic E-state index is 13.4. The van der Waals surface area contributed by atoms with Gasteiger partial charge < -0.3 is 33.9 Å². The summed E-state index contributed by atoms with van der Waals surface area (Å²) < 4.78 is 11.8. The van der Waals surface area contributed by atoms with E-state index in [0.29, 0.717) is 44.8 Å². The van der Waals surface area contributed by atoms with Crippen molar-refractivity contribution < 1.29 is 14.3 Å². The van der Waals surface area contributed by atoms with Gasteiger partial charge in [0.1, 0.15) is 18.5 Å². The molecule has 0 aliphatic carbocycles. The third-order valence-electron chi connectivity index (χ3n) is 10.6. The molecular formula is C38H52N8O3S2. The van der Waals surface area contributed by atoms with Crippen LogP contribution in [0.15, 0.2) is 48.6 Å². The van der Waals surface area contributed by atoms with Crippen molar-refractivity contribution in [3.05, 3.63) is 76.8 Å². The van der Waals surface area contributed by atoms with Crippen LogP contribution in [0.5, 0.6) is 6.01 Å². The largest absolute Gasteiger partial charge is 0.462 e. The van der Waals surface area contributed by atoms with Gasteiger partial charge >= 0.3 is 6.01 Å². The lowest BCUT2D eigenvalue weighted by atomic mass is 9.99. The van der Waals surface area contributed by atoms with Gasteiger partial charge in [-0.05, 0) is 56.8 Å². The number of nitrogens with zero attached hydrogens (tertiary/aromatic N) is 8.